The van der Waals surface area contributed by atoms with Crippen molar-refractivity contribution in [1.82, 2.24) is 5.32 Å². The van der Waals surface area contributed by atoms with Gasteiger partial charge in [0.05, 0.1) is 24.5 Å². The normalized spacial score (nSPS) is 10.2. The molecule has 0 spiro atoms. The lowest BCUT2D eigenvalue weighted by molar-refractivity contribution is 0.0974. The molecule has 0 unspecified atom stereocenters. The molecule has 0 heterocycles. The lowest BCUT2D eigenvalue weighted by Crippen LogP contribution is -2.34. The third-order valence-corrected chi connectivity index (χ3v) is 4.30. The van der Waals surface area contributed by atoms with Crippen LogP contribution in [0.2, 0.25) is 0 Å². The lowest BCUT2D eigenvalue weighted by atomic mass is 10.2. The minimum absolute atomic E-state index is 0.189. The third-order valence-electron chi connectivity index (χ3n) is 3.60. The van der Waals surface area contributed by atoms with Crippen molar-refractivity contribution in [2.24, 2.45) is 0 Å². The Labute approximate surface area is 173 Å². The number of ether oxygens (including phenoxy) is 2. The molecule has 0 fully saturated rings. The van der Waals surface area contributed by atoms with Crippen LogP contribution in [0.15, 0.2) is 46.9 Å². The molecule has 2 aromatic rings. The number of thiocarbonyl (C=S) groups is 1. The van der Waals surface area contributed by atoms with Crippen LogP contribution in [0.4, 0.5) is 5.69 Å². The van der Waals surface area contributed by atoms with Crippen LogP contribution in [-0.2, 0) is 0 Å². The van der Waals surface area contributed by atoms with E-state index in [2.05, 4.69) is 33.5 Å². The quantitative estimate of drug-likeness (QED) is 0.429. The zero-order valence-corrected chi connectivity index (χ0v) is 17.8. The van der Waals surface area contributed by atoms with E-state index >= 15 is 0 Å². The van der Waals surface area contributed by atoms with Crippen LogP contribution < -0.4 is 20.1 Å². The van der Waals surface area contributed by atoms with Gasteiger partial charge in [0, 0.05) is 4.47 Å². The SMILES string of the molecule is CCCCOc1ccccc1NC(=S)NC(=O)c1cc(Br)ccc1OCC. The summed E-state index contributed by atoms with van der Waals surface area (Å²) >= 11 is 8.67. The third kappa shape index (κ3) is 6.52. The fraction of sp³-hybridized carbons (Fsp3) is 0.300. The Morgan fingerprint density at radius 2 is 1.89 bits per heavy atom. The number of nitrogens with one attached hydrogen (secondary N) is 2. The summed E-state index contributed by atoms with van der Waals surface area (Å²) in [4.78, 5) is 12.6. The number of carbonyl (C=O) groups excluding carboxylic acids is 1. The number of unbranched alkanes of at least 4 members (excludes halogenated alkanes) is 1. The average Bonchev–Trinajstić information content (AvgIpc) is 2.65. The van der Waals surface area contributed by atoms with Crippen LogP contribution >= 0.6 is 28.1 Å². The summed E-state index contributed by atoms with van der Waals surface area (Å²) in [7, 11) is 0. The molecule has 0 aliphatic heterocycles. The summed E-state index contributed by atoms with van der Waals surface area (Å²) in [5.74, 6) is 0.853. The van der Waals surface area contributed by atoms with Gasteiger partial charge in [-0.25, -0.2) is 0 Å². The molecule has 0 saturated carbocycles. The molecule has 2 aromatic carbocycles. The molecule has 0 saturated heterocycles. The molecule has 1 amide bonds. The molecule has 5 nitrogen and oxygen atoms in total. The Kier molecular flexibility index (Phi) is 8.54. The fourth-order valence-corrected chi connectivity index (χ4v) is 2.87. The van der Waals surface area contributed by atoms with Gasteiger partial charge in [-0.2, -0.15) is 0 Å². The highest BCUT2D eigenvalue weighted by molar-refractivity contribution is 9.10. The number of halogens is 1. The Balaban J connectivity index is 2.06. The van der Waals surface area contributed by atoms with Gasteiger partial charge in [0.25, 0.3) is 5.91 Å². The topological polar surface area (TPSA) is 59.6 Å². The van der Waals surface area contributed by atoms with Crippen molar-refractivity contribution >= 4 is 44.9 Å². The first-order chi connectivity index (χ1) is 13.0. The van der Waals surface area contributed by atoms with E-state index in [0.717, 1.165) is 17.3 Å². The van der Waals surface area contributed by atoms with Gasteiger partial charge in [-0.15, -0.1) is 0 Å². The minimum atomic E-state index is -0.346. The number of hydrogen-bond donors (Lipinski definition) is 2. The van der Waals surface area contributed by atoms with Gasteiger partial charge in [-0.3, -0.25) is 10.1 Å². The van der Waals surface area contributed by atoms with Gasteiger partial charge < -0.3 is 14.8 Å². The van der Waals surface area contributed by atoms with Crippen molar-refractivity contribution in [3.8, 4) is 11.5 Å². The zero-order chi connectivity index (χ0) is 19.6. The summed E-state index contributed by atoms with van der Waals surface area (Å²) in [6.07, 6.45) is 2.03. The van der Waals surface area contributed by atoms with E-state index < -0.39 is 0 Å². The first-order valence-electron chi connectivity index (χ1n) is 8.81. The van der Waals surface area contributed by atoms with E-state index in [1.165, 1.54) is 0 Å². The molecule has 27 heavy (non-hydrogen) atoms. The number of amides is 1. The molecule has 0 aliphatic carbocycles. The van der Waals surface area contributed by atoms with Crippen molar-refractivity contribution in [1.29, 1.82) is 0 Å². The second-order valence-electron chi connectivity index (χ2n) is 5.68. The summed E-state index contributed by atoms with van der Waals surface area (Å²) in [6.45, 7) is 5.07. The number of anilines is 1. The van der Waals surface area contributed by atoms with Gasteiger partial charge in [-0.05, 0) is 55.9 Å². The Morgan fingerprint density at radius 1 is 1.11 bits per heavy atom. The number of carbonyl (C=O) groups is 1. The van der Waals surface area contributed by atoms with Crippen LogP contribution in [-0.4, -0.2) is 24.2 Å². The summed E-state index contributed by atoms with van der Waals surface area (Å²) < 4.78 is 12.1. The Bertz CT molecular complexity index is 799. The molecule has 0 bridgehead atoms. The van der Waals surface area contributed by atoms with Crippen molar-refractivity contribution < 1.29 is 14.3 Å². The van der Waals surface area contributed by atoms with Gasteiger partial charge in [0.15, 0.2) is 5.11 Å². The maximum Gasteiger partial charge on any atom is 0.261 e. The summed E-state index contributed by atoms with van der Waals surface area (Å²) in [6, 6.07) is 12.8. The standard InChI is InChI=1S/C20H23BrN2O3S/c1-3-5-12-26-18-9-7-6-8-16(18)22-20(27)23-19(24)15-13-14(21)10-11-17(15)25-4-2/h6-11,13H,3-5,12H2,1-2H3,(H2,22,23,24,27). The van der Waals surface area contributed by atoms with Gasteiger partial charge in [0.1, 0.15) is 11.5 Å². The summed E-state index contributed by atoms with van der Waals surface area (Å²) in [5.41, 5.74) is 1.11. The highest BCUT2D eigenvalue weighted by Crippen LogP contribution is 2.25. The zero-order valence-electron chi connectivity index (χ0n) is 15.4. The second kappa shape index (κ2) is 10.9. The molecule has 144 valence electrons. The maximum atomic E-state index is 12.6. The van der Waals surface area contributed by atoms with Gasteiger partial charge >= 0.3 is 0 Å². The van der Waals surface area contributed by atoms with Gasteiger partial charge in [-0.1, -0.05) is 41.4 Å². The van der Waals surface area contributed by atoms with Gasteiger partial charge in [0.2, 0.25) is 0 Å². The van der Waals surface area contributed by atoms with Crippen molar-refractivity contribution in [3.63, 3.8) is 0 Å². The van der Waals surface area contributed by atoms with Crippen LogP contribution in [0.25, 0.3) is 0 Å². The summed E-state index contributed by atoms with van der Waals surface area (Å²) in [5, 5.41) is 5.91. The fourth-order valence-electron chi connectivity index (χ4n) is 2.31. The molecule has 7 heteroatoms. The Morgan fingerprint density at radius 3 is 2.63 bits per heavy atom. The minimum Gasteiger partial charge on any atom is -0.493 e. The van der Waals surface area contributed by atoms with E-state index in [0.29, 0.717) is 36.0 Å². The predicted molar refractivity (Wildman–Crippen MR) is 116 cm³/mol. The highest BCUT2D eigenvalue weighted by atomic mass is 79.9. The number of benzene rings is 2. The lowest BCUT2D eigenvalue weighted by Gasteiger charge is -2.15. The van der Waals surface area contributed by atoms with Crippen molar-refractivity contribution in [3.05, 3.63) is 52.5 Å². The first kappa shape index (κ1) is 21.2. The largest absolute Gasteiger partial charge is 0.493 e. The van der Waals surface area contributed by atoms with E-state index in [1.54, 1.807) is 12.1 Å². The number of para-hydroxylation sites is 2. The smallest absolute Gasteiger partial charge is 0.261 e. The maximum absolute atomic E-state index is 12.6. The van der Waals surface area contributed by atoms with Crippen molar-refractivity contribution in [2.45, 2.75) is 26.7 Å². The monoisotopic (exact) mass is 450 g/mol. The van der Waals surface area contributed by atoms with Crippen LogP contribution in [0, 0.1) is 0 Å². The van der Waals surface area contributed by atoms with E-state index in [4.69, 9.17) is 21.7 Å². The van der Waals surface area contributed by atoms with E-state index in [1.807, 2.05) is 37.3 Å². The molecular weight excluding hydrogens is 428 g/mol. The first-order valence-corrected chi connectivity index (χ1v) is 10.0. The molecule has 0 aliphatic rings. The van der Waals surface area contributed by atoms with Crippen molar-refractivity contribution in [2.75, 3.05) is 18.5 Å². The second-order valence-corrected chi connectivity index (χ2v) is 7.00. The highest BCUT2D eigenvalue weighted by Gasteiger charge is 2.15. The Hall–Kier alpha value is -2.12. The molecule has 0 radical (unpaired) electrons. The average molecular weight is 451 g/mol. The van der Waals surface area contributed by atoms with Crippen LogP contribution in [0.1, 0.15) is 37.0 Å². The predicted octanol–water partition coefficient (Wildman–Crippen LogP) is 5.15. The van der Waals surface area contributed by atoms with E-state index in [9.17, 15) is 4.79 Å². The van der Waals surface area contributed by atoms with E-state index in [-0.39, 0.29) is 11.0 Å². The number of hydrogen-bond acceptors (Lipinski definition) is 4. The van der Waals surface area contributed by atoms with Crippen LogP contribution in [0.5, 0.6) is 11.5 Å². The molecule has 2 rings (SSSR count). The molecule has 2 N–H and O–H groups in total. The van der Waals surface area contributed by atoms with Crippen LogP contribution in [0.3, 0.4) is 0 Å². The molecular formula is C20H23BrN2O3S. The number of rotatable bonds is 8. The molecule has 0 aromatic heterocycles. The molecule has 0 atom stereocenters.